The standard InChI is InChI=1S/C17H14N2O3S/c1-23-17-18-13-5-3-2-4-12(13)16(19-17)20-9-11-6-7-14-15(8-11)22-10-21-14/h2-8H,9-10H2,1H3. The Morgan fingerprint density at radius 3 is 2.87 bits per heavy atom. The third-order valence-electron chi connectivity index (χ3n) is 3.54. The number of aromatic nitrogens is 2. The Morgan fingerprint density at radius 1 is 1.09 bits per heavy atom. The summed E-state index contributed by atoms with van der Waals surface area (Å²) in [5.41, 5.74) is 1.88. The Hall–Kier alpha value is -2.47. The fraction of sp³-hybridized carbons (Fsp3) is 0.176. The first-order chi connectivity index (χ1) is 11.3. The van der Waals surface area contributed by atoms with Gasteiger partial charge in [0.25, 0.3) is 0 Å². The van der Waals surface area contributed by atoms with Crippen molar-refractivity contribution in [2.24, 2.45) is 0 Å². The summed E-state index contributed by atoms with van der Waals surface area (Å²) >= 11 is 1.50. The van der Waals surface area contributed by atoms with Crippen molar-refractivity contribution in [3.05, 3.63) is 48.0 Å². The highest BCUT2D eigenvalue weighted by molar-refractivity contribution is 7.98. The van der Waals surface area contributed by atoms with Crippen LogP contribution in [-0.2, 0) is 6.61 Å². The molecule has 1 aromatic heterocycles. The summed E-state index contributed by atoms with van der Waals surface area (Å²) in [5.74, 6) is 2.12. The molecular formula is C17H14N2O3S. The van der Waals surface area contributed by atoms with Gasteiger partial charge >= 0.3 is 0 Å². The summed E-state index contributed by atoms with van der Waals surface area (Å²) in [4.78, 5) is 8.97. The van der Waals surface area contributed by atoms with Crippen LogP contribution < -0.4 is 14.2 Å². The maximum absolute atomic E-state index is 5.95. The largest absolute Gasteiger partial charge is 0.472 e. The molecule has 4 rings (SSSR count). The van der Waals surface area contributed by atoms with Gasteiger partial charge in [0.15, 0.2) is 16.7 Å². The summed E-state index contributed by atoms with van der Waals surface area (Å²) < 4.78 is 16.7. The fourth-order valence-corrected chi connectivity index (χ4v) is 2.77. The number of hydrogen-bond donors (Lipinski definition) is 0. The van der Waals surface area contributed by atoms with Crippen LogP contribution in [0.15, 0.2) is 47.6 Å². The predicted molar refractivity (Wildman–Crippen MR) is 88.2 cm³/mol. The molecule has 3 aromatic rings. The lowest BCUT2D eigenvalue weighted by molar-refractivity contribution is 0.174. The fourth-order valence-electron chi connectivity index (χ4n) is 2.41. The molecule has 0 atom stereocenters. The third kappa shape index (κ3) is 2.77. The highest BCUT2D eigenvalue weighted by Gasteiger charge is 2.14. The molecule has 0 aliphatic carbocycles. The average molecular weight is 326 g/mol. The van der Waals surface area contributed by atoms with Gasteiger partial charge < -0.3 is 14.2 Å². The smallest absolute Gasteiger partial charge is 0.231 e. The van der Waals surface area contributed by atoms with Crippen molar-refractivity contribution in [3.63, 3.8) is 0 Å². The normalized spacial score (nSPS) is 12.6. The Labute approximate surface area is 137 Å². The van der Waals surface area contributed by atoms with E-state index in [1.165, 1.54) is 11.8 Å². The lowest BCUT2D eigenvalue weighted by Crippen LogP contribution is -2.00. The second-order valence-corrected chi connectivity index (χ2v) is 5.78. The minimum absolute atomic E-state index is 0.271. The first-order valence-corrected chi connectivity index (χ1v) is 8.38. The van der Waals surface area contributed by atoms with Gasteiger partial charge in [0.2, 0.25) is 12.7 Å². The molecule has 0 bridgehead atoms. The zero-order valence-electron chi connectivity index (χ0n) is 12.5. The molecule has 0 fully saturated rings. The van der Waals surface area contributed by atoms with Crippen LogP contribution in [0, 0.1) is 0 Å². The molecule has 0 saturated heterocycles. The van der Waals surface area contributed by atoms with E-state index < -0.39 is 0 Å². The van der Waals surface area contributed by atoms with Crippen molar-refractivity contribution in [2.45, 2.75) is 11.8 Å². The van der Waals surface area contributed by atoms with E-state index in [1.807, 2.05) is 48.7 Å². The van der Waals surface area contributed by atoms with E-state index in [0.29, 0.717) is 17.6 Å². The molecule has 0 N–H and O–H groups in total. The van der Waals surface area contributed by atoms with Gasteiger partial charge in [-0.05, 0) is 36.1 Å². The monoisotopic (exact) mass is 326 g/mol. The first kappa shape index (κ1) is 14.1. The molecule has 2 heterocycles. The summed E-state index contributed by atoms with van der Waals surface area (Å²) in [5, 5.41) is 1.61. The van der Waals surface area contributed by atoms with Crippen molar-refractivity contribution in [3.8, 4) is 17.4 Å². The van der Waals surface area contributed by atoms with Gasteiger partial charge in [-0.15, -0.1) is 0 Å². The number of benzene rings is 2. The van der Waals surface area contributed by atoms with Crippen molar-refractivity contribution in [1.29, 1.82) is 0 Å². The molecule has 1 aliphatic heterocycles. The number of para-hydroxylation sites is 1. The SMILES string of the molecule is CSc1nc(OCc2ccc3c(c2)OCO3)c2ccccc2n1. The second kappa shape index (κ2) is 5.96. The molecule has 2 aromatic carbocycles. The minimum atomic E-state index is 0.271. The van der Waals surface area contributed by atoms with Crippen LogP contribution in [0.2, 0.25) is 0 Å². The van der Waals surface area contributed by atoms with Crippen LogP contribution in [0.5, 0.6) is 17.4 Å². The van der Waals surface area contributed by atoms with Crippen molar-refractivity contribution in [2.75, 3.05) is 13.0 Å². The van der Waals surface area contributed by atoms with Gasteiger partial charge in [0.05, 0.1) is 10.9 Å². The summed E-state index contributed by atoms with van der Waals surface area (Å²) in [7, 11) is 0. The Balaban J connectivity index is 1.62. The van der Waals surface area contributed by atoms with E-state index in [0.717, 1.165) is 28.0 Å². The molecule has 1 aliphatic rings. The zero-order chi connectivity index (χ0) is 15.6. The van der Waals surface area contributed by atoms with Crippen molar-refractivity contribution in [1.82, 2.24) is 9.97 Å². The maximum Gasteiger partial charge on any atom is 0.231 e. The Bertz CT molecular complexity index is 870. The number of thioether (sulfide) groups is 1. The number of rotatable bonds is 4. The van der Waals surface area contributed by atoms with Crippen LogP contribution >= 0.6 is 11.8 Å². The van der Waals surface area contributed by atoms with Gasteiger partial charge in [-0.2, -0.15) is 4.98 Å². The quantitative estimate of drug-likeness (QED) is 0.539. The van der Waals surface area contributed by atoms with E-state index in [4.69, 9.17) is 14.2 Å². The maximum atomic E-state index is 5.95. The summed E-state index contributed by atoms with van der Waals surface area (Å²) in [6.45, 7) is 0.679. The van der Waals surface area contributed by atoms with E-state index >= 15 is 0 Å². The number of hydrogen-bond acceptors (Lipinski definition) is 6. The predicted octanol–water partition coefficient (Wildman–Crippen LogP) is 3.66. The van der Waals surface area contributed by atoms with Gasteiger partial charge in [0, 0.05) is 0 Å². The molecular weight excluding hydrogens is 312 g/mol. The molecule has 6 heteroatoms. The second-order valence-electron chi connectivity index (χ2n) is 5.01. The van der Waals surface area contributed by atoms with Gasteiger partial charge in [-0.25, -0.2) is 4.98 Å². The molecule has 0 amide bonds. The summed E-state index contributed by atoms with van der Waals surface area (Å²) in [6, 6.07) is 13.6. The van der Waals surface area contributed by atoms with E-state index in [1.54, 1.807) is 0 Å². The first-order valence-electron chi connectivity index (χ1n) is 7.15. The molecule has 0 spiro atoms. The van der Waals surface area contributed by atoms with Crippen LogP contribution in [0.25, 0.3) is 10.9 Å². The molecule has 5 nitrogen and oxygen atoms in total. The van der Waals surface area contributed by atoms with Crippen LogP contribution in [0.1, 0.15) is 5.56 Å². The minimum Gasteiger partial charge on any atom is -0.472 e. The van der Waals surface area contributed by atoms with E-state index in [2.05, 4.69) is 9.97 Å². The molecule has 0 unspecified atom stereocenters. The zero-order valence-corrected chi connectivity index (χ0v) is 13.3. The highest BCUT2D eigenvalue weighted by Crippen LogP contribution is 2.33. The van der Waals surface area contributed by atoms with Gasteiger partial charge in [-0.3, -0.25) is 0 Å². The number of fused-ring (bicyclic) bond motifs is 2. The lowest BCUT2D eigenvalue weighted by Gasteiger charge is -2.10. The topological polar surface area (TPSA) is 53.5 Å². The van der Waals surface area contributed by atoms with Crippen molar-refractivity contribution < 1.29 is 14.2 Å². The molecule has 0 radical (unpaired) electrons. The highest BCUT2D eigenvalue weighted by atomic mass is 32.2. The van der Waals surface area contributed by atoms with Crippen molar-refractivity contribution >= 4 is 22.7 Å². The number of nitrogens with zero attached hydrogens (tertiary/aromatic N) is 2. The molecule has 116 valence electrons. The third-order valence-corrected chi connectivity index (χ3v) is 4.09. The van der Waals surface area contributed by atoms with E-state index in [9.17, 15) is 0 Å². The number of ether oxygens (including phenoxy) is 3. The lowest BCUT2D eigenvalue weighted by atomic mass is 10.2. The van der Waals surface area contributed by atoms with Crippen LogP contribution in [-0.4, -0.2) is 23.0 Å². The average Bonchev–Trinajstić information content (AvgIpc) is 3.07. The van der Waals surface area contributed by atoms with Gasteiger partial charge in [-0.1, -0.05) is 30.0 Å². The van der Waals surface area contributed by atoms with Crippen LogP contribution in [0.4, 0.5) is 0 Å². The molecule has 0 saturated carbocycles. The van der Waals surface area contributed by atoms with E-state index in [-0.39, 0.29) is 6.79 Å². The van der Waals surface area contributed by atoms with Gasteiger partial charge in [0.1, 0.15) is 6.61 Å². The Kier molecular flexibility index (Phi) is 3.67. The van der Waals surface area contributed by atoms with Crippen LogP contribution in [0.3, 0.4) is 0 Å². The Morgan fingerprint density at radius 2 is 1.96 bits per heavy atom. The molecule has 23 heavy (non-hydrogen) atoms. The summed E-state index contributed by atoms with van der Waals surface area (Å²) in [6.07, 6.45) is 1.95.